The van der Waals surface area contributed by atoms with Gasteiger partial charge in [-0.2, -0.15) is 0 Å². The predicted octanol–water partition coefficient (Wildman–Crippen LogP) is 0.731. The summed E-state index contributed by atoms with van der Waals surface area (Å²) < 4.78 is 0. The maximum absolute atomic E-state index is 12.4. The highest BCUT2D eigenvalue weighted by Crippen LogP contribution is 2.28. The van der Waals surface area contributed by atoms with Crippen LogP contribution in [-0.4, -0.2) is 34.6 Å². The van der Waals surface area contributed by atoms with Crippen molar-refractivity contribution in [2.75, 3.05) is 0 Å². The van der Waals surface area contributed by atoms with Crippen LogP contribution in [0.15, 0.2) is 24.8 Å². The van der Waals surface area contributed by atoms with Gasteiger partial charge in [-0.25, -0.2) is 0 Å². The van der Waals surface area contributed by atoms with E-state index < -0.39 is 23.8 Å². The molecule has 106 valence electrons. The second-order valence-corrected chi connectivity index (χ2v) is 4.96. The Hall–Kier alpha value is -2.76. The Morgan fingerprint density at radius 2 is 1.86 bits per heavy atom. The molecule has 0 spiro atoms. The number of benzene rings is 1. The molecular weight excluding hydrogens is 272 g/mol. The average Bonchev–Trinajstić information content (AvgIpc) is 2.71. The van der Waals surface area contributed by atoms with Gasteiger partial charge in [0.15, 0.2) is 0 Å². The summed E-state index contributed by atoms with van der Waals surface area (Å²) in [5.41, 5.74) is 1.26. The number of carbonyl (C=O) groups is 4. The van der Waals surface area contributed by atoms with Gasteiger partial charge in [-0.05, 0) is 24.1 Å². The molecule has 1 atom stereocenters. The zero-order chi connectivity index (χ0) is 15.1. The Balaban J connectivity index is 1.98. The molecule has 0 radical (unpaired) electrons. The number of amides is 4. The van der Waals surface area contributed by atoms with Gasteiger partial charge in [-0.1, -0.05) is 18.7 Å². The van der Waals surface area contributed by atoms with E-state index in [0.717, 1.165) is 10.5 Å². The summed E-state index contributed by atoms with van der Waals surface area (Å²) in [5.74, 6) is -2.00. The Morgan fingerprint density at radius 1 is 1.14 bits per heavy atom. The number of piperidine rings is 1. The Labute approximate surface area is 120 Å². The summed E-state index contributed by atoms with van der Waals surface area (Å²) in [6.45, 7) is 3.62. The summed E-state index contributed by atoms with van der Waals surface area (Å²) >= 11 is 0. The molecule has 1 aromatic carbocycles. The maximum Gasteiger partial charge on any atom is 0.262 e. The first kappa shape index (κ1) is 13.2. The third kappa shape index (κ3) is 1.96. The number of rotatable bonds is 2. The van der Waals surface area contributed by atoms with Crippen LogP contribution in [0.2, 0.25) is 0 Å². The molecule has 0 aromatic heterocycles. The highest BCUT2D eigenvalue weighted by Gasteiger charge is 2.44. The molecule has 2 aliphatic rings. The third-order valence-electron chi connectivity index (χ3n) is 3.70. The first-order valence-corrected chi connectivity index (χ1v) is 6.51. The van der Waals surface area contributed by atoms with E-state index in [-0.39, 0.29) is 29.9 Å². The van der Waals surface area contributed by atoms with Gasteiger partial charge in [0.1, 0.15) is 6.04 Å². The van der Waals surface area contributed by atoms with Crippen molar-refractivity contribution >= 4 is 29.7 Å². The minimum absolute atomic E-state index is 0.113. The third-order valence-corrected chi connectivity index (χ3v) is 3.70. The quantitative estimate of drug-likeness (QED) is 0.811. The largest absolute Gasteiger partial charge is 0.295 e. The highest BCUT2D eigenvalue weighted by atomic mass is 16.2. The van der Waals surface area contributed by atoms with Gasteiger partial charge in [0, 0.05) is 6.42 Å². The van der Waals surface area contributed by atoms with Crippen molar-refractivity contribution in [1.29, 1.82) is 0 Å². The van der Waals surface area contributed by atoms with Crippen molar-refractivity contribution in [3.05, 3.63) is 41.5 Å². The fraction of sp³-hybridized carbons (Fsp3) is 0.200. The van der Waals surface area contributed by atoms with E-state index >= 15 is 0 Å². The minimum Gasteiger partial charge on any atom is -0.295 e. The standard InChI is InChI=1S/C15H12N2O4/c1-2-8-3-4-9-10(7-8)15(21)17(14(9)20)11-5-6-12(18)16-13(11)19/h2-4,7,11H,1,5-6H2,(H,16,18,19). The predicted molar refractivity (Wildman–Crippen MR) is 73.2 cm³/mol. The molecule has 0 bridgehead atoms. The zero-order valence-electron chi connectivity index (χ0n) is 11.1. The van der Waals surface area contributed by atoms with E-state index in [1.54, 1.807) is 24.3 Å². The van der Waals surface area contributed by atoms with Crippen LogP contribution in [0.25, 0.3) is 6.08 Å². The van der Waals surface area contributed by atoms with E-state index in [1.165, 1.54) is 0 Å². The van der Waals surface area contributed by atoms with Gasteiger partial charge in [-0.3, -0.25) is 29.4 Å². The van der Waals surface area contributed by atoms with Crippen molar-refractivity contribution in [3.8, 4) is 0 Å². The van der Waals surface area contributed by atoms with Crippen LogP contribution in [-0.2, 0) is 9.59 Å². The second kappa shape index (κ2) is 4.66. The summed E-state index contributed by atoms with van der Waals surface area (Å²) in [4.78, 5) is 48.7. The van der Waals surface area contributed by atoms with Crippen LogP contribution < -0.4 is 5.32 Å². The van der Waals surface area contributed by atoms with Crippen LogP contribution in [0.4, 0.5) is 0 Å². The molecule has 1 N–H and O–H groups in total. The highest BCUT2D eigenvalue weighted by molar-refractivity contribution is 6.23. The van der Waals surface area contributed by atoms with Gasteiger partial charge in [-0.15, -0.1) is 0 Å². The topological polar surface area (TPSA) is 83.6 Å². The fourth-order valence-electron chi connectivity index (χ4n) is 2.62. The molecule has 0 aliphatic carbocycles. The van der Waals surface area contributed by atoms with Crippen LogP contribution in [0, 0.1) is 0 Å². The lowest BCUT2D eigenvalue weighted by Gasteiger charge is -2.27. The summed E-state index contributed by atoms with van der Waals surface area (Å²) in [6, 6.07) is 3.89. The maximum atomic E-state index is 12.4. The van der Waals surface area contributed by atoms with Crippen LogP contribution >= 0.6 is 0 Å². The Bertz CT molecular complexity index is 708. The van der Waals surface area contributed by atoms with Gasteiger partial charge < -0.3 is 0 Å². The van der Waals surface area contributed by atoms with E-state index in [0.29, 0.717) is 0 Å². The molecule has 0 saturated carbocycles. The van der Waals surface area contributed by atoms with E-state index in [4.69, 9.17) is 0 Å². The number of hydrogen-bond acceptors (Lipinski definition) is 4. The first-order valence-electron chi connectivity index (χ1n) is 6.51. The van der Waals surface area contributed by atoms with E-state index in [1.807, 2.05) is 0 Å². The zero-order valence-corrected chi connectivity index (χ0v) is 11.1. The molecule has 2 heterocycles. The van der Waals surface area contributed by atoms with Crippen LogP contribution in [0.1, 0.15) is 39.1 Å². The van der Waals surface area contributed by atoms with Crippen molar-refractivity contribution in [3.63, 3.8) is 0 Å². The molecule has 21 heavy (non-hydrogen) atoms. The smallest absolute Gasteiger partial charge is 0.262 e. The van der Waals surface area contributed by atoms with Crippen molar-refractivity contribution in [2.24, 2.45) is 0 Å². The molecule has 3 rings (SSSR count). The van der Waals surface area contributed by atoms with Gasteiger partial charge in [0.2, 0.25) is 11.8 Å². The van der Waals surface area contributed by atoms with E-state index in [9.17, 15) is 19.2 Å². The second-order valence-electron chi connectivity index (χ2n) is 4.96. The number of fused-ring (bicyclic) bond motifs is 1. The summed E-state index contributed by atoms with van der Waals surface area (Å²) in [5, 5.41) is 2.16. The number of hydrogen-bond donors (Lipinski definition) is 1. The lowest BCUT2D eigenvalue weighted by Crippen LogP contribution is -2.54. The summed E-state index contributed by atoms with van der Waals surface area (Å²) in [6.07, 6.45) is 1.85. The molecular formula is C15H12N2O4. The lowest BCUT2D eigenvalue weighted by atomic mass is 10.0. The molecule has 1 fully saturated rings. The lowest BCUT2D eigenvalue weighted by molar-refractivity contribution is -0.136. The number of nitrogens with zero attached hydrogens (tertiary/aromatic N) is 1. The number of imide groups is 2. The SMILES string of the molecule is C=Cc1ccc2c(c1)C(=O)N(C1CCC(=O)NC1=O)C2=O. The monoisotopic (exact) mass is 284 g/mol. The van der Waals surface area contributed by atoms with Crippen LogP contribution in [0.3, 0.4) is 0 Å². The minimum atomic E-state index is -0.928. The molecule has 2 aliphatic heterocycles. The number of carbonyl (C=O) groups excluding carboxylic acids is 4. The van der Waals surface area contributed by atoms with Crippen LogP contribution in [0.5, 0.6) is 0 Å². The normalized spacial score (nSPS) is 21.3. The fourth-order valence-corrected chi connectivity index (χ4v) is 2.62. The molecule has 1 aromatic rings. The Kier molecular flexibility index (Phi) is 2.94. The van der Waals surface area contributed by atoms with Crippen molar-refractivity contribution in [1.82, 2.24) is 10.2 Å². The average molecular weight is 284 g/mol. The first-order chi connectivity index (χ1) is 10.0. The Morgan fingerprint density at radius 3 is 2.52 bits per heavy atom. The number of nitrogens with one attached hydrogen (secondary N) is 1. The van der Waals surface area contributed by atoms with Crippen molar-refractivity contribution in [2.45, 2.75) is 18.9 Å². The molecule has 1 unspecified atom stereocenters. The van der Waals surface area contributed by atoms with Gasteiger partial charge >= 0.3 is 0 Å². The van der Waals surface area contributed by atoms with Gasteiger partial charge in [0.25, 0.3) is 11.8 Å². The van der Waals surface area contributed by atoms with Gasteiger partial charge in [0.05, 0.1) is 11.1 Å². The molecule has 4 amide bonds. The van der Waals surface area contributed by atoms with Crippen molar-refractivity contribution < 1.29 is 19.2 Å². The molecule has 6 nitrogen and oxygen atoms in total. The van der Waals surface area contributed by atoms with E-state index in [2.05, 4.69) is 11.9 Å². The molecule has 1 saturated heterocycles. The molecule has 6 heteroatoms. The summed E-state index contributed by atoms with van der Waals surface area (Å²) in [7, 11) is 0.